The summed E-state index contributed by atoms with van der Waals surface area (Å²) in [6.45, 7) is 4.96. The Morgan fingerprint density at radius 1 is 1.28 bits per heavy atom. The normalized spacial score (nSPS) is 28.1. The third-order valence-corrected chi connectivity index (χ3v) is 6.11. The van der Waals surface area contributed by atoms with Crippen molar-refractivity contribution >= 4 is 5.91 Å². The number of nitrogens with zero attached hydrogens (tertiary/aromatic N) is 1. The second kappa shape index (κ2) is 8.33. The van der Waals surface area contributed by atoms with Crippen LogP contribution in [0.3, 0.4) is 0 Å². The van der Waals surface area contributed by atoms with Gasteiger partial charge in [0, 0.05) is 38.6 Å². The van der Waals surface area contributed by atoms with Crippen LogP contribution in [0, 0.1) is 11.8 Å². The molecule has 0 spiro atoms. The van der Waals surface area contributed by atoms with Crippen molar-refractivity contribution in [2.75, 3.05) is 26.3 Å². The second-order valence-electron chi connectivity index (χ2n) is 7.71. The number of benzene rings is 1. The van der Waals surface area contributed by atoms with E-state index >= 15 is 0 Å². The fraction of sp³-hybridized carbons (Fsp3) is 0.667. The Labute approximate surface area is 151 Å². The van der Waals surface area contributed by atoms with E-state index in [2.05, 4.69) is 19.1 Å². The molecule has 1 N–H and O–H groups in total. The Hall–Kier alpha value is -1.39. The quantitative estimate of drug-likeness (QED) is 0.892. The van der Waals surface area contributed by atoms with Crippen LogP contribution in [-0.4, -0.2) is 47.8 Å². The molecule has 4 nitrogen and oxygen atoms in total. The topological polar surface area (TPSA) is 49.8 Å². The standard InChI is InChI=1S/C21H31NO3/c1-17-16-22(13-12-21(17,24)19-10-14-25-15-11-19)20(23)9-5-8-18-6-3-2-4-7-18/h2-4,6-7,17,19,24H,5,8-16H2,1H3/t17-,21+/m1/s1. The van der Waals surface area contributed by atoms with Crippen molar-refractivity contribution in [3.8, 4) is 0 Å². The van der Waals surface area contributed by atoms with Crippen LogP contribution in [0.2, 0.25) is 0 Å². The molecule has 2 fully saturated rings. The van der Waals surface area contributed by atoms with Gasteiger partial charge in [0.05, 0.1) is 5.60 Å². The van der Waals surface area contributed by atoms with E-state index < -0.39 is 5.60 Å². The molecule has 2 saturated heterocycles. The van der Waals surface area contributed by atoms with Gasteiger partial charge < -0.3 is 14.7 Å². The molecule has 25 heavy (non-hydrogen) atoms. The maximum absolute atomic E-state index is 12.5. The highest BCUT2D eigenvalue weighted by Crippen LogP contribution is 2.39. The van der Waals surface area contributed by atoms with E-state index in [-0.39, 0.29) is 11.8 Å². The highest BCUT2D eigenvalue weighted by atomic mass is 16.5. The molecule has 4 heteroatoms. The predicted octanol–water partition coefficient (Wildman–Crippen LogP) is 3.04. The molecule has 0 aliphatic carbocycles. The molecule has 0 unspecified atom stereocenters. The van der Waals surface area contributed by atoms with Crippen molar-refractivity contribution in [3.05, 3.63) is 35.9 Å². The van der Waals surface area contributed by atoms with Crippen molar-refractivity contribution in [1.29, 1.82) is 0 Å². The average molecular weight is 345 g/mol. The molecule has 0 bridgehead atoms. The number of rotatable bonds is 5. The van der Waals surface area contributed by atoms with Gasteiger partial charge in [-0.2, -0.15) is 0 Å². The van der Waals surface area contributed by atoms with Gasteiger partial charge in [-0.1, -0.05) is 37.3 Å². The molecule has 1 aromatic rings. The summed E-state index contributed by atoms with van der Waals surface area (Å²) in [5, 5.41) is 11.2. The van der Waals surface area contributed by atoms with Gasteiger partial charge in [-0.3, -0.25) is 4.79 Å². The van der Waals surface area contributed by atoms with Crippen molar-refractivity contribution in [2.24, 2.45) is 11.8 Å². The van der Waals surface area contributed by atoms with Crippen molar-refractivity contribution < 1.29 is 14.6 Å². The molecule has 2 heterocycles. The summed E-state index contributed by atoms with van der Waals surface area (Å²) in [4.78, 5) is 14.5. The van der Waals surface area contributed by atoms with Crippen LogP contribution in [0.15, 0.2) is 30.3 Å². The summed E-state index contributed by atoms with van der Waals surface area (Å²) in [6.07, 6.45) is 5.00. The minimum Gasteiger partial charge on any atom is -0.389 e. The van der Waals surface area contributed by atoms with Crippen LogP contribution in [0.5, 0.6) is 0 Å². The first-order valence-corrected chi connectivity index (χ1v) is 9.71. The first-order valence-electron chi connectivity index (χ1n) is 9.71. The van der Waals surface area contributed by atoms with E-state index in [0.717, 1.165) is 38.9 Å². The number of likely N-dealkylation sites (tertiary alicyclic amines) is 1. The predicted molar refractivity (Wildman–Crippen MR) is 98.2 cm³/mol. The van der Waals surface area contributed by atoms with Crippen molar-refractivity contribution in [2.45, 2.75) is 51.0 Å². The lowest BCUT2D eigenvalue weighted by molar-refractivity contribution is -0.151. The third kappa shape index (κ3) is 4.42. The highest BCUT2D eigenvalue weighted by Gasteiger charge is 2.45. The fourth-order valence-corrected chi connectivity index (χ4v) is 4.42. The van der Waals surface area contributed by atoms with Crippen LogP contribution in [0.4, 0.5) is 0 Å². The van der Waals surface area contributed by atoms with Crippen molar-refractivity contribution in [3.63, 3.8) is 0 Å². The van der Waals surface area contributed by atoms with Gasteiger partial charge in [0.25, 0.3) is 0 Å². The summed E-state index contributed by atoms with van der Waals surface area (Å²) in [5.74, 6) is 0.672. The average Bonchev–Trinajstić information content (AvgIpc) is 2.65. The smallest absolute Gasteiger partial charge is 0.222 e. The molecule has 0 saturated carbocycles. The molecule has 138 valence electrons. The number of carbonyl (C=O) groups excluding carboxylic acids is 1. The number of carbonyl (C=O) groups is 1. The first kappa shape index (κ1) is 18.4. The van der Waals surface area contributed by atoms with Crippen LogP contribution in [0.25, 0.3) is 0 Å². The van der Waals surface area contributed by atoms with Gasteiger partial charge in [-0.05, 0) is 43.6 Å². The van der Waals surface area contributed by atoms with Gasteiger partial charge in [0.2, 0.25) is 5.91 Å². The number of amides is 1. The SMILES string of the molecule is C[C@@H]1CN(C(=O)CCCc2ccccc2)CC[C@@]1(O)C1CCOCC1. The largest absolute Gasteiger partial charge is 0.389 e. The monoisotopic (exact) mass is 345 g/mol. The van der Waals surface area contributed by atoms with E-state index in [1.807, 2.05) is 23.1 Å². The Balaban J connectivity index is 1.47. The Morgan fingerprint density at radius 3 is 2.68 bits per heavy atom. The molecule has 1 aromatic carbocycles. The molecule has 2 aliphatic rings. The summed E-state index contributed by atoms with van der Waals surface area (Å²) in [5.41, 5.74) is 0.654. The molecular formula is C21H31NO3. The molecule has 3 rings (SSSR count). The lowest BCUT2D eigenvalue weighted by Gasteiger charge is -2.48. The number of ether oxygens (including phenoxy) is 1. The van der Waals surface area contributed by atoms with Crippen LogP contribution < -0.4 is 0 Å². The summed E-state index contributed by atoms with van der Waals surface area (Å²) < 4.78 is 5.44. The summed E-state index contributed by atoms with van der Waals surface area (Å²) in [7, 11) is 0. The minimum absolute atomic E-state index is 0.127. The van der Waals surface area contributed by atoms with Gasteiger partial charge in [-0.25, -0.2) is 0 Å². The van der Waals surface area contributed by atoms with Gasteiger partial charge in [0.15, 0.2) is 0 Å². The fourth-order valence-electron chi connectivity index (χ4n) is 4.42. The number of aryl methyl sites for hydroxylation is 1. The summed E-state index contributed by atoms with van der Waals surface area (Å²) in [6, 6.07) is 10.3. The lowest BCUT2D eigenvalue weighted by Crippen LogP contribution is -2.56. The van der Waals surface area contributed by atoms with Gasteiger partial charge in [0.1, 0.15) is 0 Å². The summed E-state index contributed by atoms with van der Waals surface area (Å²) >= 11 is 0. The zero-order valence-corrected chi connectivity index (χ0v) is 15.3. The molecule has 1 amide bonds. The lowest BCUT2D eigenvalue weighted by atomic mass is 9.70. The molecule has 2 atom stereocenters. The van der Waals surface area contributed by atoms with Gasteiger partial charge in [-0.15, -0.1) is 0 Å². The maximum atomic E-state index is 12.5. The van der Waals surface area contributed by atoms with Crippen LogP contribution in [-0.2, 0) is 16.0 Å². The zero-order valence-electron chi connectivity index (χ0n) is 15.3. The minimum atomic E-state index is -0.634. The Kier molecular flexibility index (Phi) is 6.13. The maximum Gasteiger partial charge on any atom is 0.222 e. The second-order valence-corrected chi connectivity index (χ2v) is 7.71. The highest BCUT2D eigenvalue weighted by molar-refractivity contribution is 5.76. The van der Waals surface area contributed by atoms with E-state index in [9.17, 15) is 9.90 Å². The Morgan fingerprint density at radius 2 is 2.00 bits per heavy atom. The number of piperidine rings is 1. The molecule has 0 aromatic heterocycles. The molecule has 2 aliphatic heterocycles. The number of hydrogen-bond acceptors (Lipinski definition) is 3. The number of hydrogen-bond donors (Lipinski definition) is 1. The van der Waals surface area contributed by atoms with E-state index in [1.54, 1.807) is 0 Å². The zero-order chi connectivity index (χ0) is 17.7. The Bertz CT molecular complexity index is 556. The van der Waals surface area contributed by atoms with Crippen LogP contribution in [0.1, 0.15) is 44.6 Å². The first-order chi connectivity index (χ1) is 12.1. The van der Waals surface area contributed by atoms with Gasteiger partial charge >= 0.3 is 0 Å². The van der Waals surface area contributed by atoms with Crippen molar-refractivity contribution in [1.82, 2.24) is 4.90 Å². The third-order valence-electron chi connectivity index (χ3n) is 6.11. The van der Waals surface area contributed by atoms with E-state index in [0.29, 0.717) is 31.8 Å². The molecular weight excluding hydrogens is 314 g/mol. The van der Waals surface area contributed by atoms with Crippen LogP contribution >= 0.6 is 0 Å². The molecule has 0 radical (unpaired) electrons. The van der Waals surface area contributed by atoms with E-state index in [4.69, 9.17) is 4.74 Å². The number of aliphatic hydroxyl groups is 1. The van der Waals surface area contributed by atoms with E-state index in [1.165, 1.54) is 5.56 Å².